The summed E-state index contributed by atoms with van der Waals surface area (Å²) >= 11 is 0. The molecule has 0 amide bonds. The standard InChI is InChI=1S/C12H22O/c1-2-3-4-5-6-7-8-9-10-11-12-13/h7-8,12H,2-6,9-11H2,1H3/b8-7+. The van der Waals surface area contributed by atoms with Crippen molar-refractivity contribution in [2.45, 2.75) is 58.3 Å². The van der Waals surface area contributed by atoms with Gasteiger partial charge in [0.2, 0.25) is 0 Å². The van der Waals surface area contributed by atoms with Crippen LogP contribution in [0.4, 0.5) is 0 Å². The van der Waals surface area contributed by atoms with E-state index in [0.29, 0.717) is 6.42 Å². The topological polar surface area (TPSA) is 17.1 Å². The van der Waals surface area contributed by atoms with Crippen molar-refractivity contribution in [3.63, 3.8) is 0 Å². The molecule has 0 saturated carbocycles. The number of allylic oxidation sites excluding steroid dienone is 2. The van der Waals surface area contributed by atoms with Crippen LogP contribution in [-0.2, 0) is 4.79 Å². The molecule has 0 aromatic rings. The third kappa shape index (κ3) is 11.4. The van der Waals surface area contributed by atoms with Crippen LogP contribution in [0, 0.1) is 0 Å². The van der Waals surface area contributed by atoms with Gasteiger partial charge >= 0.3 is 0 Å². The molecule has 0 aliphatic rings. The van der Waals surface area contributed by atoms with E-state index in [0.717, 1.165) is 19.1 Å². The predicted octanol–water partition coefficient (Wildman–Crippen LogP) is 3.88. The Morgan fingerprint density at radius 2 is 1.54 bits per heavy atom. The first-order chi connectivity index (χ1) is 6.41. The summed E-state index contributed by atoms with van der Waals surface area (Å²) in [5, 5.41) is 0. The molecule has 0 bridgehead atoms. The van der Waals surface area contributed by atoms with E-state index in [-0.39, 0.29) is 0 Å². The van der Waals surface area contributed by atoms with Gasteiger partial charge in [0, 0.05) is 6.42 Å². The van der Waals surface area contributed by atoms with Crippen LogP contribution >= 0.6 is 0 Å². The van der Waals surface area contributed by atoms with Crippen molar-refractivity contribution in [1.82, 2.24) is 0 Å². The number of carbonyl (C=O) groups is 1. The second-order valence-corrected chi connectivity index (χ2v) is 3.42. The summed E-state index contributed by atoms with van der Waals surface area (Å²) < 4.78 is 0. The molecule has 0 aliphatic carbocycles. The molecule has 0 heterocycles. The number of aldehydes is 1. The maximum atomic E-state index is 9.99. The van der Waals surface area contributed by atoms with Crippen molar-refractivity contribution < 1.29 is 4.79 Å². The van der Waals surface area contributed by atoms with E-state index >= 15 is 0 Å². The van der Waals surface area contributed by atoms with E-state index in [1.54, 1.807) is 0 Å². The molecular weight excluding hydrogens is 160 g/mol. The summed E-state index contributed by atoms with van der Waals surface area (Å²) in [6.07, 6.45) is 14.8. The van der Waals surface area contributed by atoms with Crippen molar-refractivity contribution in [2.75, 3.05) is 0 Å². The largest absolute Gasteiger partial charge is 0.303 e. The van der Waals surface area contributed by atoms with Crippen molar-refractivity contribution in [3.05, 3.63) is 12.2 Å². The normalized spacial score (nSPS) is 10.8. The zero-order chi connectivity index (χ0) is 9.78. The third-order valence-corrected chi connectivity index (χ3v) is 2.08. The summed E-state index contributed by atoms with van der Waals surface area (Å²) in [6, 6.07) is 0. The molecule has 1 heteroatoms. The molecule has 0 N–H and O–H groups in total. The van der Waals surface area contributed by atoms with Gasteiger partial charge in [-0.1, -0.05) is 38.3 Å². The van der Waals surface area contributed by atoms with E-state index in [2.05, 4.69) is 19.1 Å². The number of hydrogen-bond donors (Lipinski definition) is 0. The van der Waals surface area contributed by atoms with Crippen LogP contribution in [0.5, 0.6) is 0 Å². The lowest BCUT2D eigenvalue weighted by molar-refractivity contribution is -0.107. The summed E-state index contributed by atoms with van der Waals surface area (Å²) in [5.41, 5.74) is 0. The molecule has 0 aromatic heterocycles. The summed E-state index contributed by atoms with van der Waals surface area (Å²) in [7, 11) is 0. The van der Waals surface area contributed by atoms with E-state index in [1.165, 1.54) is 32.1 Å². The average Bonchev–Trinajstić information content (AvgIpc) is 2.16. The lowest BCUT2D eigenvalue weighted by Crippen LogP contribution is -1.75. The van der Waals surface area contributed by atoms with Crippen molar-refractivity contribution in [2.24, 2.45) is 0 Å². The molecule has 0 aromatic carbocycles. The Morgan fingerprint density at radius 3 is 2.15 bits per heavy atom. The predicted molar refractivity (Wildman–Crippen MR) is 57.8 cm³/mol. The van der Waals surface area contributed by atoms with Crippen LogP contribution in [-0.4, -0.2) is 6.29 Å². The van der Waals surface area contributed by atoms with Crippen LogP contribution in [0.3, 0.4) is 0 Å². The fourth-order valence-corrected chi connectivity index (χ4v) is 1.24. The lowest BCUT2D eigenvalue weighted by atomic mass is 10.1. The highest BCUT2D eigenvalue weighted by atomic mass is 16.1. The van der Waals surface area contributed by atoms with E-state index in [9.17, 15) is 4.79 Å². The first-order valence-electron chi connectivity index (χ1n) is 5.50. The van der Waals surface area contributed by atoms with E-state index < -0.39 is 0 Å². The first kappa shape index (κ1) is 12.4. The number of hydrogen-bond acceptors (Lipinski definition) is 1. The van der Waals surface area contributed by atoms with Gasteiger partial charge in [-0.25, -0.2) is 0 Å². The summed E-state index contributed by atoms with van der Waals surface area (Å²) in [5.74, 6) is 0. The first-order valence-corrected chi connectivity index (χ1v) is 5.50. The van der Waals surface area contributed by atoms with Crippen LogP contribution in [0.25, 0.3) is 0 Å². The van der Waals surface area contributed by atoms with Gasteiger partial charge in [0.1, 0.15) is 6.29 Å². The minimum atomic E-state index is 0.709. The fraction of sp³-hybridized carbons (Fsp3) is 0.750. The smallest absolute Gasteiger partial charge is 0.120 e. The molecule has 0 unspecified atom stereocenters. The van der Waals surface area contributed by atoms with Crippen LogP contribution in [0.2, 0.25) is 0 Å². The number of rotatable bonds is 9. The molecule has 0 fully saturated rings. The Labute approximate surface area is 82.2 Å². The minimum Gasteiger partial charge on any atom is -0.303 e. The molecule has 13 heavy (non-hydrogen) atoms. The Bertz CT molecular complexity index is 127. The molecule has 0 saturated heterocycles. The molecule has 0 rings (SSSR count). The van der Waals surface area contributed by atoms with Gasteiger partial charge < -0.3 is 4.79 Å². The van der Waals surface area contributed by atoms with Crippen LogP contribution < -0.4 is 0 Å². The second-order valence-electron chi connectivity index (χ2n) is 3.42. The van der Waals surface area contributed by atoms with Crippen molar-refractivity contribution >= 4 is 6.29 Å². The van der Waals surface area contributed by atoms with Gasteiger partial charge in [-0.05, 0) is 25.7 Å². The Balaban J connectivity index is 2.98. The van der Waals surface area contributed by atoms with Gasteiger partial charge in [0.15, 0.2) is 0 Å². The maximum Gasteiger partial charge on any atom is 0.120 e. The quantitative estimate of drug-likeness (QED) is 0.300. The third-order valence-electron chi connectivity index (χ3n) is 2.08. The van der Waals surface area contributed by atoms with Gasteiger partial charge in [0.25, 0.3) is 0 Å². The Kier molecular flexibility index (Phi) is 10.9. The van der Waals surface area contributed by atoms with E-state index in [4.69, 9.17) is 0 Å². The molecule has 0 radical (unpaired) electrons. The Morgan fingerprint density at radius 1 is 0.846 bits per heavy atom. The summed E-state index contributed by atoms with van der Waals surface area (Å²) in [4.78, 5) is 9.99. The van der Waals surface area contributed by atoms with Gasteiger partial charge in [-0.3, -0.25) is 0 Å². The molecule has 1 nitrogen and oxygen atoms in total. The second kappa shape index (κ2) is 11.4. The molecule has 76 valence electrons. The molecule has 0 aliphatic heterocycles. The van der Waals surface area contributed by atoms with E-state index in [1.807, 2.05) is 0 Å². The van der Waals surface area contributed by atoms with Crippen molar-refractivity contribution in [1.29, 1.82) is 0 Å². The monoisotopic (exact) mass is 182 g/mol. The lowest BCUT2D eigenvalue weighted by Gasteiger charge is -1.94. The van der Waals surface area contributed by atoms with Crippen LogP contribution in [0.15, 0.2) is 12.2 Å². The fourth-order valence-electron chi connectivity index (χ4n) is 1.24. The van der Waals surface area contributed by atoms with Crippen LogP contribution in [0.1, 0.15) is 58.3 Å². The SMILES string of the molecule is CCCCCC/C=C/CCCC=O. The number of carbonyl (C=O) groups excluding carboxylic acids is 1. The molecule has 0 atom stereocenters. The zero-order valence-electron chi connectivity index (χ0n) is 8.80. The van der Waals surface area contributed by atoms with Crippen molar-refractivity contribution in [3.8, 4) is 0 Å². The Hall–Kier alpha value is -0.590. The zero-order valence-corrected chi connectivity index (χ0v) is 8.80. The molecular formula is C12H22O. The minimum absolute atomic E-state index is 0.709. The van der Waals surface area contributed by atoms with Gasteiger partial charge in [-0.15, -0.1) is 0 Å². The molecule has 0 spiro atoms. The van der Waals surface area contributed by atoms with Gasteiger partial charge in [-0.2, -0.15) is 0 Å². The number of unbranched alkanes of at least 4 members (excludes halogenated alkanes) is 6. The van der Waals surface area contributed by atoms with Gasteiger partial charge in [0.05, 0.1) is 0 Å². The highest BCUT2D eigenvalue weighted by Crippen LogP contribution is 2.03. The highest BCUT2D eigenvalue weighted by molar-refractivity contribution is 5.48. The maximum absolute atomic E-state index is 9.99. The summed E-state index contributed by atoms with van der Waals surface area (Å²) in [6.45, 7) is 2.23. The highest BCUT2D eigenvalue weighted by Gasteiger charge is 1.84. The average molecular weight is 182 g/mol.